The van der Waals surface area contributed by atoms with Gasteiger partial charge >= 0.3 is 0 Å². The lowest BCUT2D eigenvalue weighted by Gasteiger charge is -2.28. The Morgan fingerprint density at radius 1 is 1.08 bits per heavy atom. The van der Waals surface area contributed by atoms with Gasteiger partial charge in [-0.05, 0) is 44.0 Å². The second kappa shape index (κ2) is 7.24. The molecule has 4 heteroatoms. The number of methoxy groups -OCH3 is 1. The largest absolute Gasteiger partial charge is 0.497 e. The second-order valence-corrected chi connectivity index (χ2v) is 6.78. The summed E-state index contributed by atoms with van der Waals surface area (Å²) in [4.78, 5) is 7.16. The molecule has 4 nitrogen and oxygen atoms in total. The van der Waals surface area contributed by atoms with Crippen LogP contribution in [-0.4, -0.2) is 31.3 Å². The van der Waals surface area contributed by atoms with Gasteiger partial charge in [0.1, 0.15) is 18.1 Å². The predicted octanol–water partition coefficient (Wildman–Crippen LogP) is 4.60. The van der Waals surface area contributed by atoms with Gasteiger partial charge in [-0.25, -0.2) is 0 Å². The summed E-state index contributed by atoms with van der Waals surface area (Å²) in [5.74, 6) is 1.67. The van der Waals surface area contributed by atoms with Gasteiger partial charge in [-0.15, -0.1) is 0 Å². The lowest BCUT2D eigenvalue weighted by Crippen LogP contribution is -2.34. The molecule has 3 aromatic rings. The van der Waals surface area contributed by atoms with Gasteiger partial charge in [0.2, 0.25) is 0 Å². The molecule has 134 valence electrons. The molecule has 1 aliphatic heterocycles. The van der Waals surface area contributed by atoms with E-state index in [1.165, 1.54) is 17.5 Å². The fourth-order valence-electron chi connectivity index (χ4n) is 3.73. The highest BCUT2D eigenvalue weighted by Crippen LogP contribution is 2.32. The molecule has 0 spiro atoms. The number of benzene rings is 2. The summed E-state index contributed by atoms with van der Waals surface area (Å²) >= 11 is 0. The average Bonchev–Trinajstić information content (AvgIpc) is 3.14. The molecule has 0 radical (unpaired) electrons. The number of pyridine rings is 1. The van der Waals surface area contributed by atoms with Crippen molar-refractivity contribution < 1.29 is 9.47 Å². The van der Waals surface area contributed by atoms with Gasteiger partial charge in [0, 0.05) is 29.4 Å². The third-order valence-electron chi connectivity index (χ3n) is 4.99. The number of hydrogen-bond donors (Lipinski definition) is 0. The molecule has 2 aromatic carbocycles. The highest BCUT2D eigenvalue weighted by Gasteiger charge is 2.27. The first-order valence-corrected chi connectivity index (χ1v) is 9.14. The summed E-state index contributed by atoms with van der Waals surface area (Å²) < 4.78 is 11.4. The van der Waals surface area contributed by atoms with Gasteiger partial charge in [-0.3, -0.25) is 4.98 Å². The summed E-state index contributed by atoms with van der Waals surface area (Å²) in [6.07, 6.45) is 2.32. The number of fused-ring (bicyclic) bond motifs is 1. The van der Waals surface area contributed by atoms with Crippen molar-refractivity contribution in [2.24, 2.45) is 0 Å². The lowest BCUT2D eigenvalue weighted by molar-refractivity contribution is 0.287. The summed E-state index contributed by atoms with van der Waals surface area (Å²) in [5.41, 5.74) is 3.38. The Hall–Kier alpha value is -2.75. The molecular weight excluding hydrogens is 324 g/mol. The molecule has 26 heavy (non-hydrogen) atoms. The number of aromatic nitrogens is 1. The molecule has 2 heterocycles. The van der Waals surface area contributed by atoms with E-state index < -0.39 is 0 Å². The van der Waals surface area contributed by atoms with Crippen molar-refractivity contribution in [2.75, 3.05) is 25.2 Å². The van der Waals surface area contributed by atoms with E-state index >= 15 is 0 Å². The Kier molecular flexibility index (Phi) is 4.65. The van der Waals surface area contributed by atoms with Crippen molar-refractivity contribution in [3.05, 3.63) is 60.3 Å². The van der Waals surface area contributed by atoms with Gasteiger partial charge < -0.3 is 14.4 Å². The van der Waals surface area contributed by atoms with Crippen LogP contribution in [0.5, 0.6) is 11.5 Å². The molecule has 1 fully saturated rings. The van der Waals surface area contributed by atoms with Crippen LogP contribution in [0.25, 0.3) is 10.9 Å². The Balaban J connectivity index is 1.57. The quantitative estimate of drug-likeness (QED) is 0.675. The van der Waals surface area contributed by atoms with Crippen LogP contribution in [0.4, 0.5) is 5.69 Å². The molecule has 0 amide bonds. The number of para-hydroxylation sites is 1. The first-order chi connectivity index (χ1) is 12.7. The Labute approximate surface area is 154 Å². The number of nitrogens with zero attached hydrogens (tertiary/aromatic N) is 2. The van der Waals surface area contributed by atoms with Crippen molar-refractivity contribution >= 4 is 16.6 Å². The standard InChI is InChI=1S/C22H24N2O2/c1-16-13-22(20-10-3-4-11-21(20)23-16)24-12-6-7-17(24)15-26-19-9-5-8-18(14-19)25-2/h3-5,8-11,13-14,17H,6-7,12,15H2,1-2H3. The van der Waals surface area contributed by atoms with Crippen molar-refractivity contribution in [2.45, 2.75) is 25.8 Å². The molecule has 4 rings (SSSR count). The molecule has 1 aromatic heterocycles. The van der Waals surface area contributed by atoms with Crippen LogP contribution in [0.3, 0.4) is 0 Å². The van der Waals surface area contributed by atoms with Crippen LogP contribution in [0, 0.1) is 6.92 Å². The highest BCUT2D eigenvalue weighted by atomic mass is 16.5. The summed E-state index contributed by atoms with van der Waals surface area (Å²) in [5, 5.41) is 1.21. The molecule has 0 aliphatic carbocycles. The fourth-order valence-corrected chi connectivity index (χ4v) is 3.73. The van der Waals surface area contributed by atoms with Crippen LogP contribution < -0.4 is 14.4 Å². The number of ether oxygens (including phenoxy) is 2. The smallest absolute Gasteiger partial charge is 0.123 e. The Morgan fingerprint density at radius 3 is 2.81 bits per heavy atom. The van der Waals surface area contributed by atoms with Crippen LogP contribution in [-0.2, 0) is 0 Å². The van der Waals surface area contributed by atoms with Gasteiger partial charge in [-0.1, -0.05) is 24.3 Å². The van der Waals surface area contributed by atoms with Crippen molar-refractivity contribution in [3.63, 3.8) is 0 Å². The van der Waals surface area contributed by atoms with Gasteiger partial charge in [-0.2, -0.15) is 0 Å². The highest BCUT2D eigenvalue weighted by molar-refractivity contribution is 5.92. The molecule has 1 unspecified atom stereocenters. The first kappa shape index (κ1) is 16.7. The topological polar surface area (TPSA) is 34.6 Å². The van der Waals surface area contributed by atoms with Crippen LogP contribution in [0.1, 0.15) is 18.5 Å². The normalized spacial score (nSPS) is 16.8. The maximum absolute atomic E-state index is 6.09. The zero-order chi connectivity index (χ0) is 17.9. The van der Waals surface area contributed by atoms with E-state index in [2.05, 4.69) is 41.1 Å². The lowest BCUT2D eigenvalue weighted by atomic mass is 10.1. The SMILES string of the molecule is COc1cccc(OCC2CCCN2c2cc(C)nc3ccccc23)c1. The van der Waals surface area contributed by atoms with E-state index in [-0.39, 0.29) is 0 Å². The summed E-state index contributed by atoms with van der Waals surface area (Å²) in [6, 6.07) is 18.8. The van der Waals surface area contributed by atoms with Crippen LogP contribution >= 0.6 is 0 Å². The van der Waals surface area contributed by atoms with Crippen molar-refractivity contribution in [1.29, 1.82) is 0 Å². The average molecular weight is 348 g/mol. The molecular formula is C22H24N2O2. The van der Waals surface area contributed by atoms with Crippen molar-refractivity contribution in [1.82, 2.24) is 4.98 Å². The number of aryl methyl sites for hydroxylation is 1. The summed E-state index contributed by atoms with van der Waals surface area (Å²) in [7, 11) is 1.68. The molecule has 0 bridgehead atoms. The monoisotopic (exact) mass is 348 g/mol. The van der Waals surface area contributed by atoms with Crippen molar-refractivity contribution in [3.8, 4) is 11.5 Å². The van der Waals surface area contributed by atoms with E-state index in [9.17, 15) is 0 Å². The maximum atomic E-state index is 6.09. The minimum absolute atomic E-state index is 0.367. The van der Waals surface area contributed by atoms with E-state index in [0.717, 1.165) is 35.7 Å². The third kappa shape index (κ3) is 3.32. The Bertz CT molecular complexity index is 910. The predicted molar refractivity (Wildman–Crippen MR) is 105 cm³/mol. The molecule has 1 aliphatic rings. The zero-order valence-corrected chi connectivity index (χ0v) is 15.3. The maximum Gasteiger partial charge on any atom is 0.123 e. The van der Waals surface area contributed by atoms with Gasteiger partial charge in [0.05, 0.1) is 18.7 Å². The minimum atomic E-state index is 0.367. The number of anilines is 1. The third-order valence-corrected chi connectivity index (χ3v) is 4.99. The van der Waals surface area contributed by atoms with E-state index in [1.807, 2.05) is 30.3 Å². The van der Waals surface area contributed by atoms with E-state index in [4.69, 9.17) is 9.47 Å². The summed E-state index contributed by atoms with van der Waals surface area (Å²) in [6.45, 7) is 3.79. The first-order valence-electron chi connectivity index (χ1n) is 9.14. The minimum Gasteiger partial charge on any atom is -0.497 e. The zero-order valence-electron chi connectivity index (χ0n) is 15.3. The van der Waals surface area contributed by atoms with Crippen LogP contribution in [0.2, 0.25) is 0 Å². The Morgan fingerprint density at radius 2 is 1.92 bits per heavy atom. The van der Waals surface area contributed by atoms with Gasteiger partial charge in [0.15, 0.2) is 0 Å². The fraction of sp³-hybridized carbons (Fsp3) is 0.318. The van der Waals surface area contributed by atoms with Gasteiger partial charge in [0.25, 0.3) is 0 Å². The number of hydrogen-bond acceptors (Lipinski definition) is 4. The number of rotatable bonds is 5. The molecule has 1 atom stereocenters. The van der Waals surface area contributed by atoms with E-state index in [0.29, 0.717) is 12.6 Å². The molecule has 0 saturated carbocycles. The van der Waals surface area contributed by atoms with Crippen LogP contribution in [0.15, 0.2) is 54.6 Å². The van der Waals surface area contributed by atoms with E-state index in [1.54, 1.807) is 7.11 Å². The molecule has 1 saturated heterocycles. The molecule has 0 N–H and O–H groups in total. The second-order valence-electron chi connectivity index (χ2n) is 6.78.